The number of urea groups is 1. The van der Waals surface area contributed by atoms with Gasteiger partial charge in [0.2, 0.25) is 5.91 Å². The molecule has 2 aliphatic heterocycles. The lowest BCUT2D eigenvalue weighted by Crippen LogP contribution is -2.36. The first kappa shape index (κ1) is 17.1. The zero-order chi connectivity index (χ0) is 16.8. The third-order valence-corrected chi connectivity index (χ3v) is 6.17. The Balaban J connectivity index is 1.25. The second kappa shape index (κ2) is 8.42. The zero-order valence-electron chi connectivity index (χ0n) is 13.8. The van der Waals surface area contributed by atoms with Crippen molar-refractivity contribution in [1.29, 1.82) is 0 Å². The van der Waals surface area contributed by atoms with Gasteiger partial charge in [0.1, 0.15) is 0 Å². The molecule has 3 rings (SSSR count). The molecular weight excluding hydrogens is 322 g/mol. The number of benzene rings is 1. The number of hydrogen-bond acceptors (Lipinski definition) is 3. The molecule has 1 aromatic rings. The molecule has 0 aliphatic carbocycles. The van der Waals surface area contributed by atoms with E-state index in [0.29, 0.717) is 18.2 Å². The first-order valence-corrected chi connectivity index (χ1v) is 9.76. The largest absolute Gasteiger partial charge is 0.356 e. The van der Waals surface area contributed by atoms with Crippen LogP contribution in [0, 0.1) is 0 Å². The summed E-state index contributed by atoms with van der Waals surface area (Å²) >= 11 is 1.93. The molecule has 0 radical (unpaired) electrons. The van der Waals surface area contributed by atoms with Crippen LogP contribution < -0.4 is 16.0 Å². The van der Waals surface area contributed by atoms with Gasteiger partial charge < -0.3 is 16.0 Å². The molecule has 2 heterocycles. The Hall–Kier alpha value is -1.69. The van der Waals surface area contributed by atoms with Gasteiger partial charge in [-0.25, -0.2) is 4.79 Å². The predicted octanol–water partition coefficient (Wildman–Crippen LogP) is 2.07. The Morgan fingerprint density at radius 3 is 2.88 bits per heavy atom. The van der Waals surface area contributed by atoms with Crippen LogP contribution in [-0.4, -0.2) is 41.6 Å². The molecule has 0 saturated carbocycles. The van der Waals surface area contributed by atoms with Gasteiger partial charge in [0.05, 0.1) is 12.1 Å². The van der Waals surface area contributed by atoms with E-state index in [1.54, 1.807) is 0 Å². The van der Waals surface area contributed by atoms with Gasteiger partial charge in [-0.2, -0.15) is 11.8 Å². The maximum absolute atomic E-state index is 11.9. The van der Waals surface area contributed by atoms with Crippen LogP contribution in [0.1, 0.15) is 31.2 Å². The van der Waals surface area contributed by atoms with Crippen molar-refractivity contribution in [2.45, 2.75) is 49.4 Å². The minimum Gasteiger partial charge on any atom is -0.356 e. The fourth-order valence-electron chi connectivity index (χ4n) is 3.35. The number of amides is 3. The van der Waals surface area contributed by atoms with Crippen LogP contribution in [0.25, 0.3) is 0 Å². The molecule has 24 heavy (non-hydrogen) atoms. The topological polar surface area (TPSA) is 70.2 Å². The maximum atomic E-state index is 11.9. The molecule has 5 nitrogen and oxygen atoms in total. The second-order valence-corrected chi connectivity index (χ2v) is 7.73. The third kappa shape index (κ3) is 4.66. The molecule has 0 aromatic heterocycles. The number of rotatable bonds is 8. The van der Waals surface area contributed by atoms with Gasteiger partial charge in [-0.15, -0.1) is 0 Å². The summed E-state index contributed by atoms with van der Waals surface area (Å²) in [4.78, 5) is 23.2. The molecule has 2 unspecified atom stereocenters. The summed E-state index contributed by atoms with van der Waals surface area (Å²) in [7, 11) is 0. The molecule has 2 saturated heterocycles. The van der Waals surface area contributed by atoms with Crippen LogP contribution in [0.2, 0.25) is 0 Å². The minimum absolute atomic E-state index is 0.0342. The summed E-state index contributed by atoms with van der Waals surface area (Å²) in [6.45, 7) is 0.697. The molecule has 2 aliphatic rings. The first-order valence-electron chi connectivity index (χ1n) is 8.71. The van der Waals surface area contributed by atoms with Gasteiger partial charge in [-0.3, -0.25) is 4.79 Å². The zero-order valence-corrected chi connectivity index (χ0v) is 14.6. The Labute approximate surface area is 147 Å². The monoisotopic (exact) mass is 347 g/mol. The Bertz CT molecular complexity index is 567. The van der Waals surface area contributed by atoms with E-state index < -0.39 is 0 Å². The van der Waals surface area contributed by atoms with Crippen molar-refractivity contribution < 1.29 is 9.59 Å². The van der Waals surface area contributed by atoms with E-state index in [1.807, 2.05) is 30.0 Å². The quantitative estimate of drug-likeness (QED) is 0.498. The SMILES string of the molecule is O=C(CCCC[C@@H]1SCC2NC(=O)NC21)NCCc1ccccc1. The third-order valence-electron chi connectivity index (χ3n) is 4.66. The van der Waals surface area contributed by atoms with Gasteiger partial charge in [-0.05, 0) is 24.8 Å². The van der Waals surface area contributed by atoms with Crippen molar-refractivity contribution in [3.63, 3.8) is 0 Å². The van der Waals surface area contributed by atoms with E-state index in [0.717, 1.165) is 31.4 Å². The molecular formula is C18H25N3O2S. The number of unbranched alkanes of at least 4 members (excludes halogenated alkanes) is 1. The van der Waals surface area contributed by atoms with Crippen LogP contribution in [0.15, 0.2) is 30.3 Å². The van der Waals surface area contributed by atoms with Crippen molar-refractivity contribution in [3.05, 3.63) is 35.9 Å². The highest BCUT2D eigenvalue weighted by Gasteiger charge is 2.42. The fraction of sp³-hybridized carbons (Fsp3) is 0.556. The number of fused-ring (bicyclic) bond motifs is 1. The van der Waals surface area contributed by atoms with Gasteiger partial charge >= 0.3 is 6.03 Å². The molecule has 3 atom stereocenters. The van der Waals surface area contributed by atoms with Crippen molar-refractivity contribution in [3.8, 4) is 0 Å². The Morgan fingerprint density at radius 2 is 2.04 bits per heavy atom. The standard InChI is InChI=1S/C18H25N3O2S/c22-16(19-11-10-13-6-2-1-3-7-13)9-5-4-8-15-17-14(12-24-15)20-18(23)21-17/h1-3,6-7,14-15,17H,4-5,8-12H2,(H,19,22)(H2,20,21,23)/t14?,15-,17?/m0/s1. The van der Waals surface area contributed by atoms with Crippen molar-refractivity contribution in [2.75, 3.05) is 12.3 Å². The lowest BCUT2D eigenvalue weighted by atomic mass is 10.0. The van der Waals surface area contributed by atoms with Crippen LogP contribution in [-0.2, 0) is 11.2 Å². The molecule has 6 heteroatoms. The lowest BCUT2D eigenvalue weighted by Gasteiger charge is -2.16. The highest BCUT2D eigenvalue weighted by Crippen LogP contribution is 2.33. The Kier molecular flexibility index (Phi) is 6.01. The second-order valence-electron chi connectivity index (χ2n) is 6.45. The van der Waals surface area contributed by atoms with E-state index in [-0.39, 0.29) is 24.0 Å². The van der Waals surface area contributed by atoms with Crippen molar-refractivity contribution in [1.82, 2.24) is 16.0 Å². The predicted molar refractivity (Wildman–Crippen MR) is 97.1 cm³/mol. The number of hydrogen-bond donors (Lipinski definition) is 3. The van der Waals surface area contributed by atoms with Crippen molar-refractivity contribution in [2.24, 2.45) is 0 Å². The normalized spacial score (nSPS) is 25.0. The maximum Gasteiger partial charge on any atom is 0.315 e. The summed E-state index contributed by atoms with van der Waals surface area (Å²) in [5, 5.41) is 9.44. The number of nitrogens with one attached hydrogen (secondary N) is 3. The summed E-state index contributed by atoms with van der Waals surface area (Å²) in [6, 6.07) is 10.7. The average Bonchev–Trinajstić information content (AvgIpc) is 3.12. The number of carbonyl (C=O) groups excluding carboxylic acids is 2. The van der Waals surface area contributed by atoms with E-state index in [9.17, 15) is 9.59 Å². The van der Waals surface area contributed by atoms with Gasteiger partial charge in [-0.1, -0.05) is 36.8 Å². The van der Waals surface area contributed by atoms with E-state index in [2.05, 4.69) is 28.1 Å². The molecule has 130 valence electrons. The van der Waals surface area contributed by atoms with Crippen LogP contribution >= 0.6 is 11.8 Å². The highest BCUT2D eigenvalue weighted by atomic mass is 32.2. The molecule has 3 N–H and O–H groups in total. The van der Waals surface area contributed by atoms with Crippen LogP contribution in [0.4, 0.5) is 4.79 Å². The van der Waals surface area contributed by atoms with Crippen LogP contribution in [0.5, 0.6) is 0 Å². The molecule has 2 fully saturated rings. The van der Waals surface area contributed by atoms with Crippen molar-refractivity contribution >= 4 is 23.7 Å². The number of thioether (sulfide) groups is 1. The van der Waals surface area contributed by atoms with Gasteiger partial charge in [0.15, 0.2) is 0 Å². The summed E-state index contributed by atoms with van der Waals surface area (Å²) in [5.41, 5.74) is 1.25. The van der Waals surface area contributed by atoms with E-state index >= 15 is 0 Å². The minimum atomic E-state index is -0.0342. The fourth-order valence-corrected chi connectivity index (χ4v) is 4.90. The van der Waals surface area contributed by atoms with Gasteiger partial charge in [0.25, 0.3) is 0 Å². The molecule has 1 aromatic carbocycles. The highest BCUT2D eigenvalue weighted by molar-refractivity contribution is 8.00. The van der Waals surface area contributed by atoms with Crippen LogP contribution in [0.3, 0.4) is 0 Å². The smallest absolute Gasteiger partial charge is 0.315 e. The summed E-state index contributed by atoms with van der Waals surface area (Å²) in [5.74, 6) is 1.13. The number of carbonyl (C=O) groups is 2. The molecule has 0 spiro atoms. The summed E-state index contributed by atoms with van der Waals surface area (Å²) in [6.07, 6.45) is 4.47. The lowest BCUT2D eigenvalue weighted by molar-refractivity contribution is -0.121. The van der Waals surface area contributed by atoms with E-state index in [4.69, 9.17) is 0 Å². The molecule has 0 bridgehead atoms. The first-order chi connectivity index (χ1) is 11.7. The van der Waals surface area contributed by atoms with E-state index in [1.165, 1.54) is 5.56 Å². The Morgan fingerprint density at radius 1 is 1.21 bits per heavy atom. The molecule has 3 amide bonds. The van der Waals surface area contributed by atoms with Gasteiger partial charge in [0, 0.05) is 24.0 Å². The average molecular weight is 347 g/mol. The summed E-state index contributed by atoms with van der Waals surface area (Å²) < 4.78 is 0.